The van der Waals surface area contributed by atoms with Crippen LogP contribution in [0.3, 0.4) is 0 Å². The smallest absolute Gasteiger partial charge is 0.230 e. The first-order valence-electron chi connectivity index (χ1n) is 6.77. The van der Waals surface area contributed by atoms with E-state index in [0.717, 1.165) is 11.4 Å². The first-order chi connectivity index (χ1) is 10.1. The normalized spacial score (nSPS) is 10.9. The van der Waals surface area contributed by atoms with Gasteiger partial charge in [-0.1, -0.05) is 25.6 Å². The molecule has 0 fully saturated rings. The van der Waals surface area contributed by atoms with Crippen LogP contribution >= 0.6 is 11.8 Å². The summed E-state index contributed by atoms with van der Waals surface area (Å²) in [6.45, 7) is 4.83. The van der Waals surface area contributed by atoms with Crippen molar-refractivity contribution in [2.24, 2.45) is 13.0 Å². The minimum absolute atomic E-state index is 0.0135. The highest BCUT2D eigenvalue weighted by Gasteiger charge is 2.12. The average Bonchev–Trinajstić information content (AvgIpc) is 2.85. The second-order valence-electron chi connectivity index (χ2n) is 5.09. The highest BCUT2D eigenvalue weighted by molar-refractivity contribution is 7.99. The number of carbonyl (C=O) groups is 1. The summed E-state index contributed by atoms with van der Waals surface area (Å²) in [7, 11) is 1.89. The molecule has 0 spiro atoms. The monoisotopic (exact) mass is 305 g/mol. The Morgan fingerprint density at radius 2 is 2.24 bits per heavy atom. The van der Waals surface area contributed by atoms with Gasteiger partial charge in [-0.25, -0.2) is 0 Å². The molecule has 0 radical (unpaired) electrons. The maximum Gasteiger partial charge on any atom is 0.230 e. The van der Waals surface area contributed by atoms with Gasteiger partial charge in [-0.15, -0.1) is 10.2 Å². The number of nitrogens with one attached hydrogen (secondary N) is 1. The maximum atomic E-state index is 11.7. The van der Waals surface area contributed by atoms with Gasteiger partial charge in [0, 0.05) is 31.5 Å². The largest absolute Gasteiger partial charge is 0.355 e. The number of nitrogens with zero attached hydrogens (tertiary/aromatic N) is 4. The molecule has 0 aliphatic heterocycles. The Bertz CT molecular complexity index is 597. The van der Waals surface area contributed by atoms with Gasteiger partial charge in [-0.2, -0.15) is 0 Å². The molecule has 0 unspecified atom stereocenters. The molecule has 6 nitrogen and oxygen atoms in total. The van der Waals surface area contributed by atoms with E-state index in [1.54, 1.807) is 12.4 Å². The first kappa shape index (κ1) is 15.5. The predicted molar refractivity (Wildman–Crippen MR) is 82.8 cm³/mol. The quantitative estimate of drug-likeness (QED) is 0.823. The molecule has 0 saturated heterocycles. The van der Waals surface area contributed by atoms with Gasteiger partial charge < -0.3 is 9.88 Å². The summed E-state index contributed by atoms with van der Waals surface area (Å²) in [5.74, 6) is 1.55. The standard InChI is InChI=1S/C14H19N5OS/c1-10(2)7-16-12(20)9-21-14-18-17-13(19(14)3)11-5-4-6-15-8-11/h4-6,8,10H,7,9H2,1-3H3,(H,16,20). The van der Waals surface area contributed by atoms with Crippen LogP contribution in [0.4, 0.5) is 0 Å². The molecule has 112 valence electrons. The Morgan fingerprint density at radius 1 is 1.43 bits per heavy atom. The molecule has 0 saturated carbocycles. The molecule has 1 amide bonds. The van der Waals surface area contributed by atoms with Gasteiger partial charge >= 0.3 is 0 Å². The van der Waals surface area contributed by atoms with Crippen molar-refractivity contribution in [3.05, 3.63) is 24.5 Å². The van der Waals surface area contributed by atoms with Crippen molar-refractivity contribution < 1.29 is 4.79 Å². The van der Waals surface area contributed by atoms with Crippen LogP contribution in [0.15, 0.2) is 29.7 Å². The number of aromatic nitrogens is 4. The SMILES string of the molecule is CC(C)CNC(=O)CSc1nnc(-c2cccnc2)n1C. The predicted octanol–water partition coefficient (Wildman–Crippen LogP) is 1.74. The number of carbonyl (C=O) groups excluding carboxylic acids is 1. The lowest BCUT2D eigenvalue weighted by Crippen LogP contribution is -2.28. The van der Waals surface area contributed by atoms with E-state index in [1.165, 1.54) is 11.8 Å². The van der Waals surface area contributed by atoms with E-state index in [9.17, 15) is 4.79 Å². The van der Waals surface area contributed by atoms with E-state index >= 15 is 0 Å². The molecule has 0 atom stereocenters. The molecule has 0 aromatic carbocycles. The van der Waals surface area contributed by atoms with Gasteiger partial charge in [0.1, 0.15) is 0 Å². The van der Waals surface area contributed by atoms with Crippen LogP contribution in [0, 0.1) is 5.92 Å². The highest BCUT2D eigenvalue weighted by atomic mass is 32.2. The van der Waals surface area contributed by atoms with Crippen LogP contribution in [-0.2, 0) is 11.8 Å². The van der Waals surface area contributed by atoms with Crippen LogP contribution in [0.25, 0.3) is 11.4 Å². The zero-order chi connectivity index (χ0) is 15.2. The van der Waals surface area contributed by atoms with E-state index in [-0.39, 0.29) is 5.91 Å². The third-order valence-corrected chi connectivity index (χ3v) is 3.81. The number of hydrogen-bond acceptors (Lipinski definition) is 5. The van der Waals surface area contributed by atoms with Crippen LogP contribution in [0.1, 0.15) is 13.8 Å². The van der Waals surface area contributed by atoms with Gasteiger partial charge in [0.25, 0.3) is 0 Å². The van der Waals surface area contributed by atoms with Crippen molar-refractivity contribution in [3.63, 3.8) is 0 Å². The minimum atomic E-state index is 0.0135. The fraction of sp³-hybridized carbons (Fsp3) is 0.429. The van der Waals surface area contributed by atoms with Gasteiger partial charge in [0.2, 0.25) is 5.91 Å². The van der Waals surface area contributed by atoms with Crippen LogP contribution in [0.5, 0.6) is 0 Å². The third-order valence-electron chi connectivity index (χ3n) is 2.79. The lowest BCUT2D eigenvalue weighted by Gasteiger charge is -2.07. The molecule has 2 aromatic rings. The molecule has 0 bridgehead atoms. The average molecular weight is 305 g/mol. The van der Waals surface area contributed by atoms with E-state index < -0.39 is 0 Å². The van der Waals surface area contributed by atoms with Crippen molar-refractivity contribution in [1.29, 1.82) is 0 Å². The maximum absolute atomic E-state index is 11.7. The molecule has 1 N–H and O–H groups in total. The van der Waals surface area contributed by atoms with E-state index in [1.807, 2.05) is 23.7 Å². The summed E-state index contributed by atoms with van der Waals surface area (Å²) in [6, 6.07) is 3.79. The van der Waals surface area contributed by atoms with Crippen molar-refractivity contribution in [2.75, 3.05) is 12.3 Å². The molecule has 2 aromatic heterocycles. The number of thioether (sulfide) groups is 1. The van der Waals surface area contributed by atoms with Crippen molar-refractivity contribution in [2.45, 2.75) is 19.0 Å². The summed E-state index contributed by atoms with van der Waals surface area (Å²) in [5, 5.41) is 11.9. The zero-order valence-corrected chi connectivity index (χ0v) is 13.2. The van der Waals surface area contributed by atoms with E-state index in [4.69, 9.17) is 0 Å². The highest BCUT2D eigenvalue weighted by Crippen LogP contribution is 2.21. The van der Waals surface area contributed by atoms with Gasteiger partial charge in [0.15, 0.2) is 11.0 Å². The number of pyridine rings is 1. The molecule has 0 aliphatic carbocycles. The van der Waals surface area contributed by atoms with E-state index in [0.29, 0.717) is 23.4 Å². The van der Waals surface area contributed by atoms with Crippen LogP contribution in [-0.4, -0.2) is 38.0 Å². The number of hydrogen-bond donors (Lipinski definition) is 1. The fourth-order valence-electron chi connectivity index (χ4n) is 1.69. The topological polar surface area (TPSA) is 72.7 Å². The molecule has 7 heteroatoms. The summed E-state index contributed by atoms with van der Waals surface area (Å²) in [4.78, 5) is 15.8. The summed E-state index contributed by atoms with van der Waals surface area (Å²) < 4.78 is 1.87. The summed E-state index contributed by atoms with van der Waals surface area (Å²) in [5.41, 5.74) is 0.906. The number of amides is 1. The summed E-state index contributed by atoms with van der Waals surface area (Å²) in [6.07, 6.45) is 3.46. The minimum Gasteiger partial charge on any atom is -0.355 e. The van der Waals surface area contributed by atoms with Gasteiger partial charge in [-0.3, -0.25) is 9.78 Å². The van der Waals surface area contributed by atoms with Crippen molar-refractivity contribution in [1.82, 2.24) is 25.1 Å². The Hall–Kier alpha value is -1.89. The van der Waals surface area contributed by atoms with Gasteiger partial charge in [-0.05, 0) is 18.1 Å². The molecule has 0 aliphatic rings. The zero-order valence-electron chi connectivity index (χ0n) is 12.4. The number of rotatable bonds is 6. The van der Waals surface area contributed by atoms with Crippen molar-refractivity contribution in [3.8, 4) is 11.4 Å². The van der Waals surface area contributed by atoms with Crippen molar-refractivity contribution >= 4 is 17.7 Å². The van der Waals surface area contributed by atoms with Crippen LogP contribution in [0.2, 0.25) is 0 Å². The molecular weight excluding hydrogens is 286 g/mol. The van der Waals surface area contributed by atoms with Crippen LogP contribution < -0.4 is 5.32 Å². The Kier molecular flexibility index (Phi) is 5.32. The van der Waals surface area contributed by atoms with Gasteiger partial charge in [0.05, 0.1) is 5.75 Å². The second-order valence-corrected chi connectivity index (χ2v) is 6.04. The first-order valence-corrected chi connectivity index (χ1v) is 7.75. The summed E-state index contributed by atoms with van der Waals surface area (Å²) >= 11 is 1.38. The molecule has 2 rings (SSSR count). The Morgan fingerprint density at radius 3 is 2.90 bits per heavy atom. The Labute approximate surface area is 128 Å². The molecular formula is C14H19N5OS. The molecule has 21 heavy (non-hydrogen) atoms. The van der Waals surface area contributed by atoms with E-state index in [2.05, 4.69) is 34.3 Å². The Balaban J connectivity index is 1.97. The molecule has 2 heterocycles. The lowest BCUT2D eigenvalue weighted by atomic mass is 10.2. The fourth-order valence-corrected chi connectivity index (χ4v) is 2.43. The second kappa shape index (κ2) is 7.21. The lowest BCUT2D eigenvalue weighted by molar-refractivity contribution is -0.118. The third kappa shape index (κ3) is 4.29.